The van der Waals surface area contributed by atoms with E-state index in [1.807, 2.05) is 29.5 Å². The summed E-state index contributed by atoms with van der Waals surface area (Å²) in [6, 6.07) is 16.1. The third-order valence-electron chi connectivity index (χ3n) is 7.33. The lowest BCUT2D eigenvalue weighted by Crippen LogP contribution is -2.50. The van der Waals surface area contributed by atoms with E-state index in [4.69, 9.17) is 9.97 Å². The molecule has 0 saturated carbocycles. The number of halogens is 1. The number of carbonyl (C=O) groups is 1. The van der Waals surface area contributed by atoms with Gasteiger partial charge in [-0.2, -0.15) is 0 Å². The lowest BCUT2D eigenvalue weighted by atomic mass is 9.89. The van der Waals surface area contributed by atoms with Gasteiger partial charge in [0.25, 0.3) is 0 Å². The molecule has 2 aliphatic rings. The number of anilines is 2. The van der Waals surface area contributed by atoms with E-state index in [-0.39, 0.29) is 11.8 Å². The number of urea groups is 1. The molecule has 37 heavy (non-hydrogen) atoms. The highest BCUT2D eigenvalue weighted by Gasteiger charge is 2.28. The van der Waals surface area contributed by atoms with Gasteiger partial charge in [-0.15, -0.1) is 11.3 Å². The zero-order valence-corrected chi connectivity index (χ0v) is 21.7. The number of fused-ring (bicyclic) bond motifs is 3. The number of hydrogen-bond acceptors (Lipinski definition) is 5. The van der Waals surface area contributed by atoms with Crippen LogP contribution in [-0.4, -0.2) is 47.1 Å². The second kappa shape index (κ2) is 10.1. The van der Waals surface area contributed by atoms with Crippen molar-refractivity contribution in [2.24, 2.45) is 5.92 Å². The summed E-state index contributed by atoms with van der Waals surface area (Å²) in [7, 11) is 0. The minimum absolute atomic E-state index is 0.204. The molecule has 3 heterocycles. The summed E-state index contributed by atoms with van der Waals surface area (Å²) >= 11 is 1.83. The molecule has 2 aromatic carbocycles. The van der Waals surface area contributed by atoms with E-state index in [2.05, 4.69) is 29.3 Å². The Morgan fingerprint density at radius 2 is 1.89 bits per heavy atom. The van der Waals surface area contributed by atoms with E-state index in [1.54, 1.807) is 17.0 Å². The summed E-state index contributed by atoms with van der Waals surface area (Å²) in [6.45, 7) is 4.85. The number of nitrogens with one attached hydrogen (secondary N) is 1. The third kappa shape index (κ3) is 5.03. The number of aryl methyl sites for hydroxylation is 1. The van der Waals surface area contributed by atoms with Gasteiger partial charge in [0.2, 0.25) is 0 Å². The standard InChI is InChI=1S/C29H30FN5OS/c1-19-10-11-23-24(16-19)37-28-26(23)27(32-25(33-28)17-20-6-3-2-4-7-20)34-12-14-35(15-13-34)29(36)31-22-9-5-8-21(30)18-22/h2-9,18-19H,10-17H2,1H3,(H,31,36). The second-order valence-corrected chi connectivity index (χ2v) is 11.2. The molecule has 8 heteroatoms. The van der Waals surface area contributed by atoms with Gasteiger partial charge in [0, 0.05) is 43.2 Å². The molecule has 4 aromatic rings. The first-order valence-electron chi connectivity index (χ1n) is 12.9. The number of aromatic nitrogens is 2. The van der Waals surface area contributed by atoms with E-state index in [9.17, 15) is 9.18 Å². The fraction of sp³-hybridized carbons (Fsp3) is 0.345. The van der Waals surface area contributed by atoms with Gasteiger partial charge >= 0.3 is 6.03 Å². The molecule has 1 atom stereocenters. The van der Waals surface area contributed by atoms with Crippen molar-refractivity contribution in [3.8, 4) is 0 Å². The molecule has 190 valence electrons. The van der Waals surface area contributed by atoms with Crippen LogP contribution in [0, 0.1) is 11.7 Å². The summed E-state index contributed by atoms with van der Waals surface area (Å²) in [5, 5.41) is 4.03. The summed E-state index contributed by atoms with van der Waals surface area (Å²) in [5.41, 5.74) is 3.09. The minimum atomic E-state index is -0.366. The Morgan fingerprint density at radius 1 is 1.08 bits per heavy atom. The Bertz CT molecular complexity index is 1430. The Balaban J connectivity index is 1.26. The number of hydrogen-bond donors (Lipinski definition) is 1. The summed E-state index contributed by atoms with van der Waals surface area (Å²) in [4.78, 5) is 29.6. The number of piperazine rings is 1. The maximum Gasteiger partial charge on any atom is 0.321 e. The molecule has 1 saturated heterocycles. The average Bonchev–Trinajstić information content (AvgIpc) is 3.26. The molecule has 2 aromatic heterocycles. The predicted molar refractivity (Wildman–Crippen MR) is 147 cm³/mol. The average molecular weight is 516 g/mol. The van der Waals surface area contributed by atoms with Crippen molar-refractivity contribution < 1.29 is 9.18 Å². The van der Waals surface area contributed by atoms with Crippen LogP contribution in [0.15, 0.2) is 54.6 Å². The van der Waals surface area contributed by atoms with Crippen LogP contribution in [-0.2, 0) is 19.3 Å². The van der Waals surface area contributed by atoms with Crippen molar-refractivity contribution in [1.82, 2.24) is 14.9 Å². The lowest BCUT2D eigenvalue weighted by molar-refractivity contribution is 0.208. The van der Waals surface area contributed by atoms with Crippen LogP contribution in [0.5, 0.6) is 0 Å². The molecule has 1 aliphatic heterocycles. The van der Waals surface area contributed by atoms with Crippen molar-refractivity contribution in [3.63, 3.8) is 0 Å². The Morgan fingerprint density at radius 3 is 2.68 bits per heavy atom. The number of amides is 2. The molecule has 0 bridgehead atoms. The SMILES string of the molecule is CC1CCc2c(sc3nc(Cc4ccccc4)nc(N4CCN(C(=O)Nc5cccc(F)c5)CC4)c23)C1. The quantitative estimate of drug-likeness (QED) is 0.368. The molecule has 1 N–H and O–H groups in total. The first-order chi connectivity index (χ1) is 18.0. The van der Waals surface area contributed by atoms with Crippen molar-refractivity contribution >= 4 is 39.1 Å². The van der Waals surface area contributed by atoms with E-state index >= 15 is 0 Å². The molecule has 0 radical (unpaired) electrons. The fourth-order valence-corrected chi connectivity index (χ4v) is 6.74. The Kier molecular flexibility index (Phi) is 6.50. The maximum absolute atomic E-state index is 13.5. The maximum atomic E-state index is 13.5. The highest BCUT2D eigenvalue weighted by Crippen LogP contribution is 2.41. The summed E-state index contributed by atoms with van der Waals surface area (Å²) < 4.78 is 13.5. The van der Waals surface area contributed by atoms with Gasteiger partial charge in [0.1, 0.15) is 22.3 Å². The predicted octanol–water partition coefficient (Wildman–Crippen LogP) is 5.90. The molecule has 0 spiro atoms. The van der Waals surface area contributed by atoms with Crippen molar-refractivity contribution in [2.75, 3.05) is 36.4 Å². The molecular weight excluding hydrogens is 485 g/mol. The van der Waals surface area contributed by atoms with Crippen LogP contribution in [0.4, 0.5) is 20.7 Å². The van der Waals surface area contributed by atoms with Crippen LogP contribution < -0.4 is 10.2 Å². The van der Waals surface area contributed by atoms with Crippen molar-refractivity contribution in [1.29, 1.82) is 0 Å². The van der Waals surface area contributed by atoms with Gasteiger partial charge in [-0.25, -0.2) is 19.2 Å². The van der Waals surface area contributed by atoms with Crippen molar-refractivity contribution in [2.45, 2.75) is 32.6 Å². The zero-order chi connectivity index (χ0) is 25.4. The highest BCUT2D eigenvalue weighted by molar-refractivity contribution is 7.19. The van der Waals surface area contributed by atoms with E-state index in [0.717, 1.165) is 29.3 Å². The largest absolute Gasteiger partial charge is 0.352 e. The highest BCUT2D eigenvalue weighted by atomic mass is 32.1. The Hall–Kier alpha value is -3.52. The van der Waals surface area contributed by atoms with Crippen LogP contribution in [0.1, 0.15) is 35.2 Å². The molecular formula is C29H30FN5OS. The number of nitrogens with zero attached hydrogens (tertiary/aromatic N) is 4. The van der Waals surface area contributed by atoms with Crippen LogP contribution in [0.2, 0.25) is 0 Å². The van der Waals surface area contributed by atoms with Gasteiger partial charge in [0.15, 0.2) is 0 Å². The number of carbonyl (C=O) groups excluding carboxylic acids is 1. The molecule has 1 fully saturated rings. The van der Waals surface area contributed by atoms with E-state index < -0.39 is 0 Å². The van der Waals surface area contributed by atoms with Gasteiger partial charge in [0.05, 0.1) is 5.39 Å². The number of thiophene rings is 1. The summed E-state index contributed by atoms with van der Waals surface area (Å²) in [6.07, 6.45) is 4.07. The topological polar surface area (TPSA) is 61.4 Å². The summed E-state index contributed by atoms with van der Waals surface area (Å²) in [5.74, 6) is 2.18. The molecule has 6 rings (SSSR count). The minimum Gasteiger partial charge on any atom is -0.352 e. The number of rotatable bonds is 4. The monoisotopic (exact) mass is 515 g/mol. The second-order valence-electron chi connectivity index (χ2n) is 10.1. The van der Waals surface area contributed by atoms with Gasteiger partial charge < -0.3 is 15.1 Å². The smallest absolute Gasteiger partial charge is 0.321 e. The van der Waals surface area contributed by atoms with Crippen molar-refractivity contribution in [3.05, 3.63) is 82.2 Å². The number of benzene rings is 2. The Labute approximate surface area is 220 Å². The van der Waals surface area contributed by atoms with Crippen LogP contribution in [0.3, 0.4) is 0 Å². The van der Waals surface area contributed by atoms with Gasteiger partial charge in [-0.1, -0.05) is 43.3 Å². The molecule has 2 amide bonds. The van der Waals surface area contributed by atoms with Crippen LogP contribution in [0.25, 0.3) is 10.2 Å². The first kappa shape index (κ1) is 23.9. The van der Waals surface area contributed by atoms with Gasteiger partial charge in [-0.05, 0) is 54.5 Å². The molecule has 1 aliphatic carbocycles. The zero-order valence-electron chi connectivity index (χ0n) is 20.9. The molecule has 6 nitrogen and oxygen atoms in total. The molecule has 1 unspecified atom stereocenters. The van der Waals surface area contributed by atoms with E-state index in [0.29, 0.717) is 44.2 Å². The fourth-order valence-electron chi connectivity index (χ4n) is 5.34. The third-order valence-corrected chi connectivity index (χ3v) is 8.48. The van der Waals surface area contributed by atoms with Gasteiger partial charge in [-0.3, -0.25) is 0 Å². The first-order valence-corrected chi connectivity index (χ1v) is 13.8. The van der Waals surface area contributed by atoms with Crippen LogP contribution >= 0.6 is 11.3 Å². The normalized spacial score (nSPS) is 17.6. The lowest BCUT2D eigenvalue weighted by Gasteiger charge is -2.36. The van der Waals surface area contributed by atoms with E-state index in [1.165, 1.54) is 39.9 Å².